The number of hydrogen-bond donors (Lipinski definition) is 1. The van der Waals surface area contributed by atoms with Crippen LogP contribution in [-0.4, -0.2) is 36.1 Å². The van der Waals surface area contributed by atoms with Crippen molar-refractivity contribution in [3.05, 3.63) is 16.1 Å². The second kappa shape index (κ2) is 6.64. The largest absolute Gasteiger partial charge is 0.329 e. The topological polar surface area (TPSA) is 42.2 Å². The highest BCUT2D eigenvalue weighted by Gasteiger charge is 2.22. The Morgan fingerprint density at radius 2 is 2.17 bits per heavy atom. The Balaban J connectivity index is 1.87. The summed E-state index contributed by atoms with van der Waals surface area (Å²) in [6, 6.07) is 0. The molecule has 1 aliphatic rings. The molecule has 2 rings (SSSR count). The molecule has 1 aliphatic heterocycles. The third kappa shape index (κ3) is 3.77. The van der Waals surface area contributed by atoms with E-state index >= 15 is 0 Å². The van der Waals surface area contributed by atoms with Gasteiger partial charge in [0.15, 0.2) is 0 Å². The fraction of sp³-hybridized carbons (Fsp3) is 0.786. The first-order valence-corrected chi connectivity index (χ1v) is 7.93. The van der Waals surface area contributed by atoms with Crippen LogP contribution in [0.1, 0.15) is 43.3 Å². The Labute approximate surface area is 114 Å². The molecule has 0 aliphatic carbocycles. The molecule has 0 spiro atoms. The number of rotatable bonds is 5. The van der Waals surface area contributed by atoms with Crippen molar-refractivity contribution in [2.45, 2.75) is 39.0 Å². The van der Waals surface area contributed by atoms with E-state index in [-0.39, 0.29) is 0 Å². The van der Waals surface area contributed by atoms with E-state index in [4.69, 9.17) is 10.7 Å². The normalized spacial score (nSPS) is 18.7. The molecule has 4 heteroatoms. The molecule has 102 valence electrons. The van der Waals surface area contributed by atoms with E-state index in [1.165, 1.54) is 36.6 Å². The molecular weight excluding hydrogens is 242 g/mol. The van der Waals surface area contributed by atoms with Crippen LogP contribution in [0.4, 0.5) is 0 Å². The maximum Gasteiger partial charge on any atom is 0.0930 e. The van der Waals surface area contributed by atoms with Crippen molar-refractivity contribution in [2.24, 2.45) is 11.7 Å². The molecule has 0 aromatic carbocycles. The van der Waals surface area contributed by atoms with Crippen molar-refractivity contribution < 1.29 is 0 Å². The zero-order valence-electron chi connectivity index (χ0n) is 11.6. The molecule has 1 aromatic rings. The van der Waals surface area contributed by atoms with E-state index in [0.717, 1.165) is 19.5 Å². The van der Waals surface area contributed by atoms with Gasteiger partial charge in [-0.3, -0.25) is 0 Å². The summed E-state index contributed by atoms with van der Waals surface area (Å²) in [5.74, 6) is 1.38. The Bertz CT molecular complexity index is 354. The lowest BCUT2D eigenvalue weighted by molar-refractivity contribution is 0.216. The van der Waals surface area contributed by atoms with Crippen LogP contribution in [0.5, 0.6) is 0 Å². The van der Waals surface area contributed by atoms with Gasteiger partial charge in [0.2, 0.25) is 0 Å². The maximum atomic E-state index is 5.60. The van der Waals surface area contributed by atoms with E-state index < -0.39 is 0 Å². The molecule has 0 saturated carbocycles. The first-order valence-electron chi connectivity index (χ1n) is 7.05. The summed E-state index contributed by atoms with van der Waals surface area (Å²) >= 11 is 1.84. The van der Waals surface area contributed by atoms with Crippen LogP contribution >= 0.6 is 11.3 Å². The lowest BCUT2D eigenvalue weighted by Gasteiger charge is -2.30. The molecule has 3 nitrogen and oxygen atoms in total. The van der Waals surface area contributed by atoms with Crippen molar-refractivity contribution in [2.75, 3.05) is 26.2 Å². The van der Waals surface area contributed by atoms with E-state index in [1.807, 2.05) is 11.3 Å². The van der Waals surface area contributed by atoms with Crippen molar-refractivity contribution in [3.8, 4) is 0 Å². The van der Waals surface area contributed by atoms with Gasteiger partial charge in [-0.25, -0.2) is 4.98 Å². The summed E-state index contributed by atoms with van der Waals surface area (Å²) in [4.78, 5) is 7.29. The van der Waals surface area contributed by atoms with Gasteiger partial charge in [-0.1, -0.05) is 13.8 Å². The minimum atomic E-state index is 0.677. The molecule has 18 heavy (non-hydrogen) atoms. The van der Waals surface area contributed by atoms with Gasteiger partial charge in [0.05, 0.1) is 10.7 Å². The van der Waals surface area contributed by atoms with Crippen molar-refractivity contribution >= 4 is 11.3 Å². The summed E-state index contributed by atoms with van der Waals surface area (Å²) < 4.78 is 0. The van der Waals surface area contributed by atoms with Crippen LogP contribution in [0.15, 0.2) is 5.38 Å². The zero-order valence-corrected chi connectivity index (χ0v) is 12.4. The molecule has 0 atom stereocenters. The van der Waals surface area contributed by atoms with Gasteiger partial charge < -0.3 is 10.6 Å². The fourth-order valence-electron chi connectivity index (χ4n) is 2.59. The summed E-state index contributed by atoms with van der Waals surface area (Å²) in [6.07, 6.45) is 3.60. The quantitative estimate of drug-likeness (QED) is 0.891. The van der Waals surface area contributed by atoms with Gasteiger partial charge in [-0.2, -0.15) is 0 Å². The van der Waals surface area contributed by atoms with E-state index in [1.54, 1.807) is 0 Å². The van der Waals surface area contributed by atoms with Crippen LogP contribution < -0.4 is 5.73 Å². The average Bonchev–Trinajstić information content (AvgIpc) is 2.78. The molecule has 0 radical (unpaired) electrons. The summed E-state index contributed by atoms with van der Waals surface area (Å²) in [5.41, 5.74) is 6.94. The minimum Gasteiger partial charge on any atom is -0.329 e. The van der Waals surface area contributed by atoms with Gasteiger partial charge in [0.1, 0.15) is 0 Å². The molecule has 0 unspecified atom stereocenters. The van der Waals surface area contributed by atoms with Crippen LogP contribution in [0.2, 0.25) is 0 Å². The third-order valence-electron chi connectivity index (χ3n) is 3.60. The minimum absolute atomic E-state index is 0.677. The van der Waals surface area contributed by atoms with Crippen molar-refractivity contribution in [1.82, 2.24) is 9.88 Å². The Hall–Kier alpha value is -0.450. The van der Waals surface area contributed by atoms with Crippen molar-refractivity contribution in [1.29, 1.82) is 0 Å². The fourth-order valence-corrected chi connectivity index (χ4v) is 3.68. The summed E-state index contributed by atoms with van der Waals surface area (Å²) in [7, 11) is 0. The second-order valence-electron chi connectivity index (χ2n) is 5.67. The molecular formula is C14H25N3S. The van der Waals surface area contributed by atoms with E-state index in [9.17, 15) is 0 Å². The Morgan fingerprint density at radius 3 is 2.78 bits per heavy atom. The highest BCUT2D eigenvalue weighted by molar-refractivity contribution is 7.09. The molecule has 0 amide bonds. The van der Waals surface area contributed by atoms with E-state index in [2.05, 4.69) is 24.1 Å². The lowest BCUT2D eigenvalue weighted by Crippen LogP contribution is -2.36. The van der Waals surface area contributed by atoms with Gasteiger partial charge in [-0.05, 0) is 31.8 Å². The Morgan fingerprint density at radius 1 is 1.44 bits per heavy atom. The lowest BCUT2D eigenvalue weighted by atomic mass is 9.94. The van der Waals surface area contributed by atoms with Gasteiger partial charge >= 0.3 is 0 Å². The Kier molecular flexibility index (Phi) is 5.15. The molecule has 2 N–H and O–H groups in total. The molecule has 2 heterocycles. The van der Waals surface area contributed by atoms with Crippen LogP contribution in [0.3, 0.4) is 0 Å². The maximum absolute atomic E-state index is 5.60. The standard InChI is InChI=1S/C14H25N3S/c1-11(2)9-14-16-13(10-18-14)12-3-6-17(7-4-12)8-5-15/h10-12H,3-9,15H2,1-2H3. The average molecular weight is 267 g/mol. The summed E-state index contributed by atoms with van der Waals surface area (Å²) in [6.45, 7) is 8.69. The second-order valence-corrected chi connectivity index (χ2v) is 6.61. The van der Waals surface area contributed by atoms with Crippen LogP contribution in [0.25, 0.3) is 0 Å². The third-order valence-corrected chi connectivity index (χ3v) is 4.49. The number of thiazole rings is 1. The summed E-state index contributed by atoms with van der Waals surface area (Å²) in [5, 5.41) is 3.59. The molecule has 1 fully saturated rings. The van der Waals surface area contributed by atoms with Gasteiger partial charge in [0.25, 0.3) is 0 Å². The number of piperidine rings is 1. The predicted octanol–water partition coefficient (Wildman–Crippen LogP) is 2.48. The highest BCUT2D eigenvalue weighted by Crippen LogP contribution is 2.29. The number of nitrogens with two attached hydrogens (primary N) is 1. The number of hydrogen-bond acceptors (Lipinski definition) is 4. The van der Waals surface area contributed by atoms with Crippen LogP contribution in [-0.2, 0) is 6.42 Å². The SMILES string of the molecule is CC(C)Cc1nc(C2CCN(CCN)CC2)cs1. The smallest absolute Gasteiger partial charge is 0.0930 e. The molecule has 1 aromatic heterocycles. The van der Waals surface area contributed by atoms with Gasteiger partial charge in [-0.15, -0.1) is 11.3 Å². The van der Waals surface area contributed by atoms with E-state index in [0.29, 0.717) is 11.8 Å². The zero-order chi connectivity index (χ0) is 13.0. The van der Waals surface area contributed by atoms with Crippen molar-refractivity contribution in [3.63, 3.8) is 0 Å². The number of aromatic nitrogens is 1. The molecule has 1 saturated heterocycles. The number of nitrogens with zero attached hydrogens (tertiary/aromatic N) is 2. The van der Waals surface area contributed by atoms with Gasteiger partial charge in [0, 0.05) is 30.8 Å². The highest BCUT2D eigenvalue weighted by atomic mass is 32.1. The predicted molar refractivity (Wildman–Crippen MR) is 78.1 cm³/mol. The first-order chi connectivity index (χ1) is 8.69. The molecule has 0 bridgehead atoms. The first kappa shape index (κ1) is 14.0. The van der Waals surface area contributed by atoms with Crippen LogP contribution in [0, 0.1) is 5.92 Å². The monoisotopic (exact) mass is 267 g/mol. The number of likely N-dealkylation sites (tertiary alicyclic amines) is 1.